The number of hydrogen-bond donors (Lipinski definition) is 1. The molecule has 2 heterocycles. The molecule has 1 unspecified atom stereocenters. The van der Waals surface area contributed by atoms with Gasteiger partial charge in [0.1, 0.15) is 0 Å². The molecule has 0 saturated carbocycles. The molecule has 3 heteroatoms. The van der Waals surface area contributed by atoms with Gasteiger partial charge in [-0.3, -0.25) is 4.98 Å². The van der Waals surface area contributed by atoms with Crippen molar-refractivity contribution in [2.24, 2.45) is 0 Å². The number of hydrogen-bond acceptors (Lipinski definition) is 3. The highest BCUT2D eigenvalue weighted by Gasteiger charge is 2.05. The van der Waals surface area contributed by atoms with E-state index in [4.69, 9.17) is 0 Å². The topological polar surface area (TPSA) is 24.9 Å². The van der Waals surface area contributed by atoms with Crippen LogP contribution in [0.5, 0.6) is 0 Å². The van der Waals surface area contributed by atoms with Crippen LogP contribution in [0.2, 0.25) is 0 Å². The average Bonchev–Trinajstić information content (AvgIpc) is 2.70. The second kappa shape index (κ2) is 4.45. The van der Waals surface area contributed by atoms with Crippen molar-refractivity contribution in [2.75, 3.05) is 5.32 Å². The number of pyridine rings is 1. The van der Waals surface area contributed by atoms with E-state index in [-0.39, 0.29) is 0 Å². The van der Waals surface area contributed by atoms with Gasteiger partial charge in [-0.2, -0.15) is 0 Å². The molecule has 0 aliphatic rings. The normalized spacial score (nSPS) is 12.4. The summed E-state index contributed by atoms with van der Waals surface area (Å²) in [7, 11) is 0. The van der Waals surface area contributed by atoms with Crippen LogP contribution in [0.15, 0.2) is 36.0 Å². The van der Waals surface area contributed by atoms with Gasteiger partial charge in [0.05, 0.1) is 11.7 Å². The van der Waals surface area contributed by atoms with E-state index in [0.717, 1.165) is 5.69 Å². The van der Waals surface area contributed by atoms with Gasteiger partial charge in [-0.25, -0.2) is 0 Å². The van der Waals surface area contributed by atoms with Gasteiger partial charge in [0.2, 0.25) is 0 Å². The Hall–Kier alpha value is -1.35. The van der Waals surface area contributed by atoms with Gasteiger partial charge in [0, 0.05) is 17.3 Å². The largest absolute Gasteiger partial charge is 0.376 e. The predicted octanol–water partition coefficient (Wildman–Crippen LogP) is 3.62. The number of aryl methyl sites for hydroxylation is 1. The first-order valence-electron chi connectivity index (χ1n) is 4.97. The molecule has 1 atom stereocenters. The molecule has 0 aromatic carbocycles. The van der Waals surface area contributed by atoms with E-state index >= 15 is 0 Å². The lowest BCUT2D eigenvalue weighted by atomic mass is 10.2. The number of rotatable bonds is 3. The minimum absolute atomic E-state index is 0.341. The number of nitrogens with zero attached hydrogens (tertiary/aromatic N) is 1. The van der Waals surface area contributed by atoms with Crippen molar-refractivity contribution in [1.29, 1.82) is 0 Å². The summed E-state index contributed by atoms with van der Waals surface area (Å²) in [4.78, 5) is 5.50. The Balaban J connectivity index is 2.09. The monoisotopic (exact) mass is 218 g/mol. The molecule has 0 bridgehead atoms. The fourth-order valence-electron chi connectivity index (χ4n) is 1.49. The number of anilines is 1. The van der Waals surface area contributed by atoms with E-state index < -0.39 is 0 Å². The Morgan fingerprint density at radius 1 is 1.40 bits per heavy atom. The van der Waals surface area contributed by atoms with Crippen molar-refractivity contribution in [2.45, 2.75) is 19.9 Å². The Morgan fingerprint density at radius 2 is 2.27 bits per heavy atom. The number of aromatic nitrogens is 1. The lowest BCUT2D eigenvalue weighted by Gasteiger charge is -2.13. The maximum atomic E-state index is 4.16. The molecule has 0 spiro atoms. The maximum Gasteiger partial charge on any atom is 0.0578 e. The zero-order valence-electron chi connectivity index (χ0n) is 8.90. The molecular weight excluding hydrogens is 204 g/mol. The summed E-state index contributed by atoms with van der Waals surface area (Å²) in [5.74, 6) is 0. The molecule has 0 saturated heterocycles. The molecule has 15 heavy (non-hydrogen) atoms. The van der Waals surface area contributed by atoms with Crippen molar-refractivity contribution >= 4 is 17.0 Å². The third-order valence-corrected chi connectivity index (χ3v) is 3.28. The van der Waals surface area contributed by atoms with Gasteiger partial charge in [0.15, 0.2) is 0 Å². The highest BCUT2D eigenvalue weighted by atomic mass is 32.1. The first-order chi connectivity index (χ1) is 7.25. The number of thiophene rings is 1. The first kappa shape index (κ1) is 10.2. The van der Waals surface area contributed by atoms with Crippen LogP contribution in [-0.4, -0.2) is 4.98 Å². The molecule has 0 amide bonds. The third-order valence-electron chi connectivity index (χ3n) is 2.23. The van der Waals surface area contributed by atoms with Crippen LogP contribution < -0.4 is 5.32 Å². The number of nitrogens with one attached hydrogen (secondary N) is 1. The van der Waals surface area contributed by atoms with E-state index in [1.807, 2.05) is 19.3 Å². The Bertz CT molecular complexity index is 423. The van der Waals surface area contributed by atoms with Crippen molar-refractivity contribution in [1.82, 2.24) is 4.98 Å². The lowest BCUT2D eigenvalue weighted by molar-refractivity contribution is 0.905. The van der Waals surface area contributed by atoms with Crippen LogP contribution in [0.3, 0.4) is 0 Å². The highest BCUT2D eigenvalue weighted by Crippen LogP contribution is 2.22. The molecular formula is C12H14N2S. The van der Waals surface area contributed by atoms with Gasteiger partial charge in [0.25, 0.3) is 0 Å². The summed E-state index contributed by atoms with van der Waals surface area (Å²) in [6.45, 7) is 4.21. The molecule has 78 valence electrons. The SMILES string of the molecule is Cc1cncc(NC(C)c2cccs2)c1. The van der Waals surface area contributed by atoms with Crippen LogP contribution in [0.25, 0.3) is 0 Å². The Morgan fingerprint density at radius 3 is 2.93 bits per heavy atom. The predicted molar refractivity (Wildman–Crippen MR) is 65.3 cm³/mol. The molecule has 0 fully saturated rings. The van der Waals surface area contributed by atoms with Crippen molar-refractivity contribution < 1.29 is 0 Å². The standard InChI is InChI=1S/C12H14N2S/c1-9-6-11(8-13-7-9)14-10(2)12-4-3-5-15-12/h3-8,10,14H,1-2H3. The van der Waals surface area contributed by atoms with Crippen molar-refractivity contribution in [3.05, 3.63) is 46.4 Å². The molecule has 2 aromatic rings. The van der Waals surface area contributed by atoms with Crippen molar-refractivity contribution in [3.63, 3.8) is 0 Å². The lowest BCUT2D eigenvalue weighted by Crippen LogP contribution is -2.05. The molecule has 0 aliphatic carbocycles. The van der Waals surface area contributed by atoms with E-state index in [9.17, 15) is 0 Å². The molecule has 0 aliphatic heterocycles. The fourth-order valence-corrected chi connectivity index (χ4v) is 2.23. The summed E-state index contributed by atoms with van der Waals surface area (Å²) < 4.78 is 0. The smallest absolute Gasteiger partial charge is 0.0578 e. The van der Waals surface area contributed by atoms with Crippen LogP contribution in [0.1, 0.15) is 23.4 Å². The summed E-state index contributed by atoms with van der Waals surface area (Å²) in [6, 6.07) is 6.67. The van der Waals surface area contributed by atoms with Crippen LogP contribution >= 0.6 is 11.3 Å². The molecule has 0 radical (unpaired) electrons. The molecule has 2 nitrogen and oxygen atoms in total. The second-order valence-electron chi connectivity index (χ2n) is 3.63. The maximum absolute atomic E-state index is 4.16. The molecule has 1 N–H and O–H groups in total. The Kier molecular flexibility index (Phi) is 3.02. The van der Waals surface area contributed by atoms with E-state index in [1.165, 1.54) is 10.4 Å². The summed E-state index contributed by atoms with van der Waals surface area (Å²) in [5.41, 5.74) is 2.26. The van der Waals surface area contributed by atoms with Gasteiger partial charge < -0.3 is 5.32 Å². The Labute approximate surface area is 94.0 Å². The zero-order valence-corrected chi connectivity index (χ0v) is 9.71. The van der Waals surface area contributed by atoms with Gasteiger partial charge in [-0.05, 0) is 36.9 Å². The van der Waals surface area contributed by atoms with Crippen LogP contribution in [0.4, 0.5) is 5.69 Å². The zero-order chi connectivity index (χ0) is 10.7. The van der Waals surface area contributed by atoms with Gasteiger partial charge in [-0.15, -0.1) is 11.3 Å². The molecule has 2 rings (SSSR count). The second-order valence-corrected chi connectivity index (χ2v) is 4.61. The van der Waals surface area contributed by atoms with Gasteiger partial charge in [-0.1, -0.05) is 6.07 Å². The highest BCUT2D eigenvalue weighted by molar-refractivity contribution is 7.10. The fraction of sp³-hybridized carbons (Fsp3) is 0.250. The first-order valence-corrected chi connectivity index (χ1v) is 5.85. The summed E-state index contributed by atoms with van der Waals surface area (Å²) in [5, 5.41) is 5.53. The van der Waals surface area contributed by atoms with Crippen LogP contribution in [0, 0.1) is 6.92 Å². The summed E-state index contributed by atoms with van der Waals surface area (Å²) >= 11 is 1.77. The summed E-state index contributed by atoms with van der Waals surface area (Å²) in [6.07, 6.45) is 3.72. The quantitative estimate of drug-likeness (QED) is 0.851. The van der Waals surface area contributed by atoms with E-state index in [0.29, 0.717) is 6.04 Å². The minimum Gasteiger partial charge on any atom is -0.376 e. The average molecular weight is 218 g/mol. The minimum atomic E-state index is 0.341. The van der Waals surface area contributed by atoms with E-state index in [1.54, 1.807) is 11.3 Å². The van der Waals surface area contributed by atoms with Crippen molar-refractivity contribution in [3.8, 4) is 0 Å². The molecule has 2 aromatic heterocycles. The van der Waals surface area contributed by atoms with E-state index in [2.05, 4.69) is 40.8 Å². The third kappa shape index (κ3) is 2.57. The van der Waals surface area contributed by atoms with Crippen LogP contribution in [-0.2, 0) is 0 Å². The van der Waals surface area contributed by atoms with Gasteiger partial charge >= 0.3 is 0 Å².